The van der Waals surface area contributed by atoms with Gasteiger partial charge in [0.2, 0.25) is 5.91 Å². The molecule has 0 saturated carbocycles. The van der Waals surface area contributed by atoms with Crippen molar-refractivity contribution in [2.24, 2.45) is 0 Å². The van der Waals surface area contributed by atoms with E-state index in [9.17, 15) is 4.79 Å². The summed E-state index contributed by atoms with van der Waals surface area (Å²) in [7, 11) is 5.78. The van der Waals surface area contributed by atoms with Crippen LogP contribution in [0.4, 0.5) is 0 Å². The predicted molar refractivity (Wildman–Crippen MR) is 77.8 cm³/mol. The van der Waals surface area contributed by atoms with E-state index in [4.69, 9.17) is 0 Å². The lowest BCUT2D eigenvalue weighted by Gasteiger charge is -2.20. The van der Waals surface area contributed by atoms with Crippen LogP contribution in [0.15, 0.2) is 0 Å². The Kier molecular flexibility index (Phi) is 9.98. The third kappa shape index (κ3) is 9.42. The molecule has 0 aromatic carbocycles. The van der Waals surface area contributed by atoms with Crippen LogP contribution in [0.5, 0.6) is 0 Å². The summed E-state index contributed by atoms with van der Waals surface area (Å²) in [5.74, 6) is 0.218. The second-order valence-electron chi connectivity index (χ2n) is 5.42. The first-order valence-electron chi connectivity index (χ1n) is 7.06. The molecular weight excluding hydrogens is 226 g/mol. The zero-order chi connectivity index (χ0) is 14.0. The number of carbonyl (C=O) groups is 1. The second-order valence-corrected chi connectivity index (χ2v) is 5.42. The number of hydrogen-bond acceptors (Lipinski definition) is 3. The molecule has 0 bridgehead atoms. The third-order valence-electron chi connectivity index (χ3n) is 3.24. The quantitative estimate of drug-likeness (QED) is 0.603. The molecule has 18 heavy (non-hydrogen) atoms. The molecule has 0 aromatic rings. The molecule has 0 saturated heterocycles. The molecule has 0 aromatic heterocycles. The van der Waals surface area contributed by atoms with Crippen molar-refractivity contribution in [1.29, 1.82) is 0 Å². The number of rotatable bonds is 10. The second kappa shape index (κ2) is 10.3. The van der Waals surface area contributed by atoms with Crippen LogP contribution in [0.1, 0.15) is 39.5 Å². The topological polar surface area (TPSA) is 35.6 Å². The number of hydrogen-bond donors (Lipinski definition) is 1. The van der Waals surface area contributed by atoms with Gasteiger partial charge in [-0.15, -0.1) is 0 Å². The minimum Gasteiger partial charge on any atom is -0.349 e. The van der Waals surface area contributed by atoms with Crippen molar-refractivity contribution in [3.05, 3.63) is 0 Å². The predicted octanol–water partition coefficient (Wildman–Crippen LogP) is 1.56. The Labute approximate surface area is 113 Å². The maximum atomic E-state index is 11.3. The smallest absolute Gasteiger partial charge is 0.222 e. The number of nitrogens with one attached hydrogen (secondary N) is 1. The number of carbonyl (C=O) groups excluding carboxylic acids is 1. The number of nitrogens with zero attached hydrogens (tertiary/aromatic N) is 2. The van der Waals surface area contributed by atoms with E-state index >= 15 is 0 Å². The van der Waals surface area contributed by atoms with E-state index in [2.05, 4.69) is 31.1 Å². The van der Waals surface area contributed by atoms with Gasteiger partial charge in [-0.2, -0.15) is 0 Å². The average Bonchev–Trinajstić information content (AvgIpc) is 2.31. The molecule has 1 N–H and O–H groups in total. The molecule has 108 valence electrons. The summed E-state index contributed by atoms with van der Waals surface area (Å²) in [5.41, 5.74) is 0. The van der Waals surface area contributed by atoms with Gasteiger partial charge in [0.15, 0.2) is 0 Å². The van der Waals surface area contributed by atoms with Crippen molar-refractivity contribution in [1.82, 2.24) is 15.1 Å². The van der Waals surface area contributed by atoms with Crippen molar-refractivity contribution in [3.63, 3.8) is 0 Å². The Hall–Kier alpha value is -0.610. The minimum absolute atomic E-state index is 0.218. The number of unbranched alkanes of at least 4 members (excludes halogenated alkanes) is 1. The van der Waals surface area contributed by atoms with Crippen LogP contribution >= 0.6 is 0 Å². The minimum atomic E-state index is 0.218. The fraction of sp³-hybridized carbons (Fsp3) is 0.929. The van der Waals surface area contributed by atoms with E-state index in [1.54, 1.807) is 19.0 Å². The van der Waals surface area contributed by atoms with E-state index in [-0.39, 0.29) is 5.91 Å². The molecule has 0 atom stereocenters. The summed E-state index contributed by atoms with van der Waals surface area (Å²) >= 11 is 0. The summed E-state index contributed by atoms with van der Waals surface area (Å²) in [5, 5.41) is 3.39. The molecule has 4 heteroatoms. The highest BCUT2D eigenvalue weighted by atomic mass is 16.2. The highest BCUT2D eigenvalue weighted by molar-refractivity contribution is 5.75. The van der Waals surface area contributed by atoms with Crippen molar-refractivity contribution in [2.75, 3.05) is 40.8 Å². The van der Waals surface area contributed by atoms with Gasteiger partial charge < -0.3 is 15.1 Å². The Morgan fingerprint density at radius 3 is 2.22 bits per heavy atom. The Morgan fingerprint density at radius 2 is 1.67 bits per heavy atom. The fourth-order valence-electron chi connectivity index (χ4n) is 1.58. The van der Waals surface area contributed by atoms with Gasteiger partial charge in [0.05, 0.1) is 0 Å². The fourth-order valence-corrected chi connectivity index (χ4v) is 1.58. The summed E-state index contributed by atoms with van der Waals surface area (Å²) in [6.07, 6.45) is 4.02. The Bertz CT molecular complexity index is 217. The van der Waals surface area contributed by atoms with Crippen LogP contribution in [0.3, 0.4) is 0 Å². The summed E-state index contributed by atoms with van der Waals surface area (Å²) in [6.45, 7) is 7.61. The normalized spacial score (nSPS) is 11.3. The molecule has 0 aliphatic heterocycles. The molecule has 0 aliphatic rings. The lowest BCUT2D eigenvalue weighted by atomic mass is 10.2. The van der Waals surface area contributed by atoms with E-state index in [0.29, 0.717) is 12.5 Å². The van der Waals surface area contributed by atoms with Crippen molar-refractivity contribution < 1.29 is 4.79 Å². The molecule has 0 aliphatic carbocycles. The highest BCUT2D eigenvalue weighted by Crippen LogP contribution is 1.97. The first-order chi connectivity index (χ1) is 8.45. The van der Waals surface area contributed by atoms with E-state index in [1.807, 2.05) is 0 Å². The maximum Gasteiger partial charge on any atom is 0.222 e. The standard InChI is InChI=1S/C14H31N3O/c1-13(2)17(5)12-7-6-10-15-11-8-9-14(18)16(3)4/h13,15H,6-12H2,1-5H3. The summed E-state index contributed by atoms with van der Waals surface area (Å²) in [6, 6.07) is 0.634. The van der Waals surface area contributed by atoms with Crippen molar-refractivity contribution in [2.45, 2.75) is 45.6 Å². The largest absolute Gasteiger partial charge is 0.349 e. The van der Waals surface area contributed by atoms with Gasteiger partial charge in [0.25, 0.3) is 0 Å². The molecule has 0 rings (SSSR count). The van der Waals surface area contributed by atoms with Crippen LogP contribution < -0.4 is 5.32 Å². The van der Waals surface area contributed by atoms with Crippen LogP contribution in [0.25, 0.3) is 0 Å². The highest BCUT2D eigenvalue weighted by Gasteiger charge is 2.03. The van der Waals surface area contributed by atoms with Gasteiger partial charge in [-0.1, -0.05) is 0 Å². The molecule has 0 spiro atoms. The zero-order valence-corrected chi connectivity index (χ0v) is 12.8. The van der Waals surface area contributed by atoms with Gasteiger partial charge in [-0.05, 0) is 59.8 Å². The van der Waals surface area contributed by atoms with Crippen LogP contribution in [0, 0.1) is 0 Å². The molecule has 0 fully saturated rings. The SMILES string of the molecule is CC(C)N(C)CCCCNCCCC(=O)N(C)C. The van der Waals surface area contributed by atoms with Crippen molar-refractivity contribution in [3.8, 4) is 0 Å². The summed E-state index contributed by atoms with van der Waals surface area (Å²) < 4.78 is 0. The van der Waals surface area contributed by atoms with Crippen LogP contribution in [-0.2, 0) is 4.79 Å². The van der Waals surface area contributed by atoms with Crippen LogP contribution in [-0.4, -0.2) is 62.5 Å². The molecular formula is C14H31N3O. The lowest BCUT2D eigenvalue weighted by Crippen LogP contribution is -2.28. The van der Waals surface area contributed by atoms with Gasteiger partial charge in [0.1, 0.15) is 0 Å². The van der Waals surface area contributed by atoms with Gasteiger partial charge in [0, 0.05) is 26.6 Å². The van der Waals surface area contributed by atoms with E-state index in [0.717, 1.165) is 19.5 Å². The van der Waals surface area contributed by atoms with Gasteiger partial charge in [-0.25, -0.2) is 0 Å². The van der Waals surface area contributed by atoms with Gasteiger partial charge >= 0.3 is 0 Å². The van der Waals surface area contributed by atoms with Crippen molar-refractivity contribution >= 4 is 5.91 Å². The first kappa shape index (κ1) is 17.4. The Morgan fingerprint density at radius 1 is 1.06 bits per heavy atom. The monoisotopic (exact) mass is 257 g/mol. The zero-order valence-electron chi connectivity index (χ0n) is 12.8. The molecule has 4 nitrogen and oxygen atoms in total. The average molecular weight is 257 g/mol. The third-order valence-corrected chi connectivity index (χ3v) is 3.24. The molecule has 0 heterocycles. The van der Waals surface area contributed by atoms with Gasteiger partial charge in [-0.3, -0.25) is 4.79 Å². The molecule has 0 radical (unpaired) electrons. The van der Waals surface area contributed by atoms with E-state index in [1.165, 1.54) is 19.4 Å². The molecule has 1 amide bonds. The van der Waals surface area contributed by atoms with Crippen LogP contribution in [0.2, 0.25) is 0 Å². The Balaban J connectivity index is 3.24. The lowest BCUT2D eigenvalue weighted by molar-refractivity contribution is -0.128. The maximum absolute atomic E-state index is 11.3. The molecule has 0 unspecified atom stereocenters. The first-order valence-corrected chi connectivity index (χ1v) is 7.06. The van der Waals surface area contributed by atoms with E-state index < -0.39 is 0 Å². The number of amides is 1. The summed E-state index contributed by atoms with van der Waals surface area (Å²) in [4.78, 5) is 15.3.